The number of esters is 2. The minimum absolute atomic E-state index is 0. The van der Waals surface area contributed by atoms with E-state index in [9.17, 15) is 14.7 Å². The van der Waals surface area contributed by atoms with E-state index >= 15 is 0 Å². The number of hydrogen-bond donors (Lipinski definition) is 2. The van der Waals surface area contributed by atoms with Crippen LogP contribution in [0.25, 0.3) is 0 Å². The molecule has 0 heterocycles. The number of carbonyl (C=O) groups excluding carboxylic acids is 2. The molecule has 0 aromatic rings. The molecule has 1 unspecified atom stereocenters. The van der Waals surface area contributed by atoms with Crippen molar-refractivity contribution in [2.45, 2.75) is 110 Å². The molecule has 154 valence electrons. The maximum absolute atomic E-state index is 11.3. The van der Waals surface area contributed by atoms with Crippen LogP contribution in [-0.2, 0) is 14.3 Å². The molecule has 0 radical (unpaired) electrons. The molecule has 2 N–H and O–H groups in total. The second kappa shape index (κ2) is 21.2. The molecule has 0 spiro atoms. The van der Waals surface area contributed by atoms with Crippen LogP contribution in [0.2, 0.25) is 0 Å². The molecule has 0 bridgehead atoms. The molecule has 0 aliphatic rings. The van der Waals surface area contributed by atoms with Crippen LogP contribution in [0.4, 0.5) is 0 Å². The Morgan fingerprint density at radius 3 is 2.26 bits per heavy atom. The van der Waals surface area contributed by atoms with E-state index in [0.29, 0.717) is 6.42 Å². The average molecular weight is 411 g/mol. The van der Waals surface area contributed by atoms with Crippen molar-refractivity contribution in [1.82, 2.24) is 0 Å². The fraction of sp³-hybridized carbons (Fsp3) is 0.810. The van der Waals surface area contributed by atoms with Crippen LogP contribution in [0.5, 0.6) is 0 Å². The van der Waals surface area contributed by atoms with Gasteiger partial charge in [-0.05, 0) is 39.0 Å². The maximum Gasteiger partial charge on any atom is 1.00 e. The molecule has 27 heavy (non-hydrogen) atoms. The van der Waals surface area contributed by atoms with Gasteiger partial charge in [0, 0.05) is 6.42 Å². The fourth-order valence-corrected chi connectivity index (χ4v) is 2.61. The summed E-state index contributed by atoms with van der Waals surface area (Å²) >= 11 is 0. The third-order valence-corrected chi connectivity index (χ3v) is 4.27. The zero-order valence-corrected chi connectivity index (χ0v) is 20.7. The first-order valence-electron chi connectivity index (χ1n) is 10.2. The van der Waals surface area contributed by atoms with Gasteiger partial charge in [0.2, 0.25) is 0 Å². The molecule has 5 nitrogen and oxygen atoms in total. The smallest absolute Gasteiger partial charge is 1.00 e. The van der Waals surface area contributed by atoms with Gasteiger partial charge >= 0.3 is 63.3 Å². The van der Waals surface area contributed by atoms with Crippen LogP contribution in [0, 0.1) is 0 Å². The van der Waals surface area contributed by atoms with Gasteiger partial charge in [0.1, 0.15) is 6.10 Å². The Balaban J connectivity index is -0.00000312. The number of hydrogen-bond acceptors (Lipinski definition) is 5. The number of carbonyl (C=O) groups is 2. The zero-order valence-electron chi connectivity index (χ0n) is 18.6. The SMILES string of the molecule is CCCCCC[C@@H](O)C/C=C\CCCCCCCC(=O)OC(=O)C(C)O.[H-].[K+]. The van der Waals surface area contributed by atoms with Gasteiger partial charge in [-0.25, -0.2) is 4.79 Å². The number of aliphatic hydroxyl groups excluding tert-OH is 2. The number of rotatable bonds is 16. The summed E-state index contributed by atoms with van der Waals surface area (Å²) in [5, 5.41) is 18.8. The minimum Gasteiger partial charge on any atom is -1.00 e. The van der Waals surface area contributed by atoms with Crippen molar-refractivity contribution in [2.24, 2.45) is 0 Å². The van der Waals surface area contributed by atoms with Gasteiger partial charge in [-0.3, -0.25) is 4.79 Å². The molecule has 0 aliphatic heterocycles. The van der Waals surface area contributed by atoms with Crippen LogP contribution < -0.4 is 51.4 Å². The van der Waals surface area contributed by atoms with E-state index in [1.165, 1.54) is 26.2 Å². The van der Waals surface area contributed by atoms with E-state index in [1.54, 1.807) is 0 Å². The van der Waals surface area contributed by atoms with Crippen LogP contribution in [0.15, 0.2) is 12.2 Å². The summed E-state index contributed by atoms with van der Waals surface area (Å²) in [7, 11) is 0. The van der Waals surface area contributed by atoms with Crippen molar-refractivity contribution in [3.8, 4) is 0 Å². The summed E-state index contributed by atoms with van der Waals surface area (Å²) in [6, 6.07) is 0. The van der Waals surface area contributed by atoms with Gasteiger partial charge in [0.05, 0.1) is 6.10 Å². The quantitative estimate of drug-likeness (QED) is 0.133. The van der Waals surface area contributed by atoms with Crippen LogP contribution >= 0.6 is 0 Å². The number of unbranched alkanes of at least 4 members (excludes halogenated alkanes) is 8. The summed E-state index contributed by atoms with van der Waals surface area (Å²) in [6.45, 7) is 3.47. The Hall–Kier alpha value is 0.436. The largest absolute Gasteiger partial charge is 1.00 e. The molecule has 0 fully saturated rings. The Bertz CT molecular complexity index is 402. The minimum atomic E-state index is -1.26. The molecule has 0 aliphatic carbocycles. The molecule has 6 heteroatoms. The van der Waals surface area contributed by atoms with Gasteiger partial charge < -0.3 is 16.4 Å². The van der Waals surface area contributed by atoms with Crippen LogP contribution in [-0.4, -0.2) is 34.4 Å². The average Bonchev–Trinajstić information content (AvgIpc) is 2.60. The summed E-state index contributed by atoms with van der Waals surface area (Å²) in [5.74, 6) is -1.44. The van der Waals surface area contributed by atoms with Crippen molar-refractivity contribution < 1.29 is 77.4 Å². The van der Waals surface area contributed by atoms with E-state index in [4.69, 9.17) is 5.11 Å². The zero-order chi connectivity index (χ0) is 19.6. The Kier molecular flexibility index (Phi) is 23.2. The number of allylic oxidation sites excluding steroid dienone is 1. The van der Waals surface area contributed by atoms with E-state index in [0.717, 1.165) is 51.4 Å². The summed E-state index contributed by atoms with van der Waals surface area (Å²) in [6.07, 6.45) is 15.3. The predicted octanol–water partition coefficient (Wildman–Crippen LogP) is 1.56. The van der Waals surface area contributed by atoms with Crippen molar-refractivity contribution in [2.75, 3.05) is 0 Å². The van der Waals surface area contributed by atoms with Crippen molar-refractivity contribution >= 4 is 11.9 Å². The van der Waals surface area contributed by atoms with E-state index < -0.39 is 18.0 Å². The molecular formula is C21H39KO5. The van der Waals surface area contributed by atoms with Gasteiger partial charge in [-0.15, -0.1) is 0 Å². The first-order chi connectivity index (χ1) is 12.5. The van der Waals surface area contributed by atoms with Crippen molar-refractivity contribution in [1.29, 1.82) is 0 Å². The molecule has 0 rings (SSSR count). The fourth-order valence-electron chi connectivity index (χ4n) is 2.61. The van der Waals surface area contributed by atoms with Gasteiger partial charge in [0.15, 0.2) is 0 Å². The second-order valence-electron chi connectivity index (χ2n) is 6.99. The Labute approximate surface area is 209 Å². The third kappa shape index (κ3) is 21.0. The summed E-state index contributed by atoms with van der Waals surface area (Å²) in [4.78, 5) is 22.4. The summed E-state index contributed by atoms with van der Waals surface area (Å²) in [5.41, 5.74) is 0. The molecule has 2 atom stereocenters. The number of aliphatic hydroxyl groups is 2. The first-order valence-corrected chi connectivity index (χ1v) is 10.2. The Morgan fingerprint density at radius 1 is 0.963 bits per heavy atom. The molecule has 0 aromatic heterocycles. The topological polar surface area (TPSA) is 83.8 Å². The molecular weight excluding hydrogens is 371 g/mol. The normalized spacial score (nSPS) is 13.2. The second-order valence-corrected chi connectivity index (χ2v) is 6.99. The van der Waals surface area contributed by atoms with E-state index in [1.807, 2.05) is 0 Å². The summed E-state index contributed by atoms with van der Waals surface area (Å²) < 4.78 is 4.48. The number of ether oxygens (including phenoxy) is 1. The van der Waals surface area contributed by atoms with Crippen molar-refractivity contribution in [3.05, 3.63) is 12.2 Å². The first kappa shape index (κ1) is 29.6. The standard InChI is InChI=1S/C21H38O5.K.H/c1-3-4-5-12-15-19(23)16-13-10-8-6-7-9-11-14-17-20(24)26-21(25)18(2)22;;/h10,13,18-19,22-23H,3-9,11-12,14-17H2,1-2H3;;/q;+1;-1/b13-10-;;/t18?,19-;;/m1../s1. The predicted molar refractivity (Wildman–Crippen MR) is 105 cm³/mol. The van der Waals surface area contributed by atoms with Gasteiger partial charge in [0.25, 0.3) is 0 Å². The molecule has 0 amide bonds. The molecule has 0 saturated heterocycles. The monoisotopic (exact) mass is 410 g/mol. The Morgan fingerprint density at radius 2 is 1.59 bits per heavy atom. The van der Waals surface area contributed by atoms with Crippen LogP contribution in [0.1, 0.15) is 98.7 Å². The van der Waals surface area contributed by atoms with Gasteiger partial charge in [-0.1, -0.05) is 64.0 Å². The van der Waals surface area contributed by atoms with Crippen molar-refractivity contribution in [3.63, 3.8) is 0 Å². The van der Waals surface area contributed by atoms with E-state index in [-0.39, 0.29) is 65.3 Å². The maximum atomic E-state index is 11.3. The van der Waals surface area contributed by atoms with E-state index in [2.05, 4.69) is 23.8 Å². The van der Waals surface area contributed by atoms with Crippen LogP contribution in [0.3, 0.4) is 0 Å². The third-order valence-electron chi connectivity index (χ3n) is 4.27. The van der Waals surface area contributed by atoms with Gasteiger partial charge in [-0.2, -0.15) is 0 Å². The molecule has 0 saturated carbocycles. The molecule has 0 aromatic carbocycles.